The number of rotatable bonds is 5. The van der Waals surface area contributed by atoms with Gasteiger partial charge in [-0.3, -0.25) is 0 Å². The van der Waals surface area contributed by atoms with E-state index < -0.39 is 0 Å². The number of pyridine rings is 1. The Balaban J connectivity index is 2.08. The normalized spacial score (nSPS) is 12.2. The average Bonchev–Trinajstić information content (AvgIpc) is 2.68. The SMILES string of the molecule is CCCC(C)(C)NCc1cn2cc(Cl)ccc2n1. The van der Waals surface area contributed by atoms with Gasteiger partial charge in [0.1, 0.15) is 5.65 Å². The van der Waals surface area contributed by atoms with Crippen LogP contribution >= 0.6 is 11.6 Å². The average molecular weight is 266 g/mol. The first kappa shape index (κ1) is 13.4. The summed E-state index contributed by atoms with van der Waals surface area (Å²) in [5, 5.41) is 4.27. The fourth-order valence-electron chi connectivity index (χ4n) is 2.15. The summed E-state index contributed by atoms with van der Waals surface area (Å²) in [5.74, 6) is 0. The van der Waals surface area contributed by atoms with E-state index in [1.165, 1.54) is 6.42 Å². The van der Waals surface area contributed by atoms with Crippen LogP contribution in [0.2, 0.25) is 5.02 Å². The molecule has 2 aromatic heterocycles. The zero-order chi connectivity index (χ0) is 13.2. The summed E-state index contributed by atoms with van der Waals surface area (Å²) >= 11 is 5.95. The Morgan fingerprint density at radius 1 is 1.33 bits per heavy atom. The van der Waals surface area contributed by atoms with E-state index in [1.54, 1.807) is 0 Å². The van der Waals surface area contributed by atoms with E-state index in [0.717, 1.165) is 29.3 Å². The summed E-state index contributed by atoms with van der Waals surface area (Å²) in [6.45, 7) is 7.44. The van der Waals surface area contributed by atoms with Crippen molar-refractivity contribution in [3.05, 3.63) is 35.2 Å². The number of hydrogen-bond acceptors (Lipinski definition) is 2. The van der Waals surface area contributed by atoms with E-state index in [4.69, 9.17) is 11.6 Å². The molecule has 0 bridgehead atoms. The highest BCUT2D eigenvalue weighted by molar-refractivity contribution is 6.30. The molecule has 0 aromatic carbocycles. The van der Waals surface area contributed by atoms with Crippen molar-refractivity contribution in [2.24, 2.45) is 0 Å². The van der Waals surface area contributed by atoms with Gasteiger partial charge in [-0.2, -0.15) is 0 Å². The number of halogens is 1. The Labute approximate surface area is 113 Å². The van der Waals surface area contributed by atoms with Crippen LogP contribution in [0.15, 0.2) is 24.5 Å². The van der Waals surface area contributed by atoms with Crippen molar-refractivity contribution in [2.75, 3.05) is 0 Å². The summed E-state index contributed by atoms with van der Waals surface area (Å²) < 4.78 is 1.96. The zero-order valence-corrected chi connectivity index (χ0v) is 12.0. The molecule has 2 aromatic rings. The molecule has 1 N–H and O–H groups in total. The molecular weight excluding hydrogens is 246 g/mol. The van der Waals surface area contributed by atoms with E-state index >= 15 is 0 Å². The van der Waals surface area contributed by atoms with Crippen molar-refractivity contribution in [1.82, 2.24) is 14.7 Å². The van der Waals surface area contributed by atoms with Gasteiger partial charge in [0.2, 0.25) is 0 Å². The van der Waals surface area contributed by atoms with Crippen LogP contribution in [-0.4, -0.2) is 14.9 Å². The van der Waals surface area contributed by atoms with Crippen LogP contribution in [0.5, 0.6) is 0 Å². The summed E-state index contributed by atoms with van der Waals surface area (Å²) in [6.07, 6.45) is 6.24. The summed E-state index contributed by atoms with van der Waals surface area (Å²) in [5.41, 5.74) is 2.13. The largest absolute Gasteiger partial charge is 0.306 e. The van der Waals surface area contributed by atoms with E-state index in [2.05, 4.69) is 31.1 Å². The number of nitrogens with zero attached hydrogens (tertiary/aromatic N) is 2. The van der Waals surface area contributed by atoms with Crippen LogP contribution in [0.4, 0.5) is 0 Å². The van der Waals surface area contributed by atoms with Gasteiger partial charge in [0.05, 0.1) is 10.7 Å². The quantitative estimate of drug-likeness (QED) is 0.894. The molecule has 0 unspecified atom stereocenters. The Kier molecular flexibility index (Phi) is 3.93. The molecule has 18 heavy (non-hydrogen) atoms. The minimum absolute atomic E-state index is 0.155. The number of imidazole rings is 1. The maximum Gasteiger partial charge on any atom is 0.137 e. The zero-order valence-electron chi connectivity index (χ0n) is 11.2. The predicted molar refractivity (Wildman–Crippen MR) is 76.0 cm³/mol. The number of hydrogen-bond donors (Lipinski definition) is 1. The summed E-state index contributed by atoms with van der Waals surface area (Å²) in [7, 11) is 0. The second-order valence-corrected chi connectivity index (χ2v) is 5.77. The van der Waals surface area contributed by atoms with Crippen molar-refractivity contribution in [3.8, 4) is 0 Å². The first-order valence-electron chi connectivity index (χ1n) is 6.38. The predicted octanol–water partition coefficient (Wildman–Crippen LogP) is 3.66. The maximum atomic E-state index is 5.95. The first-order valence-corrected chi connectivity index (χ1v) is 6.76. The van der Waals surface area contributed by atoms with E-state index in [9.17, 15) is 0 Å². The monoisotopic (exact) mass is 265 g/mol. The minimum atomic E-state index is 0.155. The fourth-order valence-corrected chi connectivity index (χ4v) is 2.31. The fraction of sp³-hybridized carbons (Fsp3) is 0.500. The highest BCUT2D eigenvalue weighted by Crippen LogP contribution is 2.14. The molecule has 0 aliphatic rings. The van der Waals surface area contributed by atoms with Crippen molar-refractivity contribution in [3.63, 3.8) is 0 Å². The molecule has 3 nitrogen and oxygen atoms in total. The van der Waals surface area contributed by atoms with Gasteiger partial charge in [-0.25, -0.2) is 4.98 Å². The van der Waals surface area contributed by atoms with Crippen molar-refractivity contribution >= 4 is 17.2 Å². The lowest BCUT2D eigenvalue weighted by Crippen LogP contribution is -2.38. The molecule has 2 rings (SSSR count). The third-order valence-corrected chi connectivity index (χ3v) is 3.31. The van der Waals surface area contributed by atoms with Crippen LogP contribution in [-0.2, 0) is 6.54 Å². The van der Waals surface area contributed by atoms with Crippen LogP contribution in [0.1, 0.15) is 39.3 Å². The first-order chi connectivity index (χ1) is 8.50. The van der Waals surface area contributed by atoms with Crippen LogP contribution < -0.4 is 5.32 Å². The molecule has 0 aliphatic carbocycles. The van der Waals surface area contributed by atoms with Gasteiger partial charge < -0.3 is 9.72 Å². The molecule has 0 aliphatic heterocycles. The summed E-state index contributed by atoms with van der Waals surface area (Å²) in [4.78, 5) is 4.56. The Morgan fingerprint density at radius 2 is 2.11 bits per heavy atom. The van der Waals surface area contributed by atoms with Crippen LogP contribution in [0.3, 0.4) is 0 Å². The van der Waals surface area contributed by atoms with Crippen molar-refractivity contribution in [1.29, 1.82) is 0 Å². The molecular formula is C14H20ClN3. The smallest absolute Gasteiger partial charge is 0.137 e. The van der Waals surface area contributed by atoms with Gasteiger partial charge in [-0.1, -0.05) is 24.9 Å². The lowest BCUT2D eigenvalue weighted by molar-refractivity contribution is 0.355. The van der Waals surface area contributed by atoms with Crippen LogP contribution in [0.25, 0.3) is 5.65 Å². The minimum Gasteiger partial charge on any atom is -0.306 e. The third kappa shape index (κ3) is 3.24. The van der Waals surface area contributed by atoms with Gasteiger partial charge in [0.25, 0.3) is 0 Å². The molecule has 0 saturated heterocycles. The number of nitrogens with one attached hydrogen (secondary N) is 1. The second-order valence-electron chi connectivity index (χ2n) is 5.33. The van der Waals surface area contributed by atoms with Gasteiger partial charge in [-0.15, -0.1) is 0 Å². The topological polar surface area (TPSA) is 29.3 Å². The van der Waals surface area contributed by atoms with Crippen molar-refractivity contribution in [2.45, 2.75) is 45.7 Å². The number of fused-ring (bicyclic) bond motifs is 1. The Morgan fingerprint density at radius 3 is 2.83 bits per heavy atom. The van der Waals surface area contributed by atoms with Crippen molar-refractivity contribution < 1.29 is 0 Å². The van der Waals surface area contributed by atoms with E-state index in [-0.39, 0.29) is 5.54 Å². The molecule has 2 heterocycles. The lowest BCUT2D eigenvalue weighted by Gasteiger charge is -2.25. The molecule has 4 heteroatoms. The molecule has 0 atom stereocenters. The maximum absolute atomic E-state index is 5.95. The molecule has 98 valence electrons. The Hall–Kier alpha value is -1.06. The molecule has 0 spiro atoms. The van der Waals surface area contributed by atoms with Gasteiger partial charge in [0, 0.05) is 24.5 Å². The standard InChI is InChI=1S/C14H20ClN3/c1-4-7-14(2,3)16-8-12-10-18-9-11(15)5-6-13(18)17-12/h5-6,9-10,16H,4,7-8H2,1-3H3. The van der Waals surface area contributed by atoms with Gasteiger partial charge >= 0.3 is 0 Å². The van der Waals surface area contributed by atoms with E-state index in [0.29, 0.717) is 0 Å². The number of aromatic nitrogens is 2. The highest BCUT2D eigenvalue weighted by atomic mass is 35.5. The molecule has 0 radical (unpaired) electrons. The third-order valence-electron chi connectivity index (χ3n) is 3.09. The lowest BCUT2D eigenvalue weighted by atomic mass is 9.99. The van der Waals surface area contributed by atoms with Gasteiger partial charge in [0.15, 0.2) is 0 Å². The molecule has 0 amide bonds. The van der Waals surface area contributed by atoms with Crippen LogP contribution in [0, 0.1) is 0 Å². The van der Waals surface area contributed by atoms with E-state index in [1.807, 2.05) is 28.9 Å². The molecule has 0 fully saturated rings. The Bertz CT molecular complexity index is 531. The second kappa shape index (κ2) is 5.29. The summed E-state index contributed by atoms with van der Waals surface area (Å²) in [6, 6.07) is 3.80. The molecule has 0 saturated carbocycles. The highest BCUT2D eigenvalue weighted by Gasteiger charge is 2.15. The van der Waals surface area contributed by atoms with Gasteiger partial charge in [-0.05, 0) is 32.4 Å².